The van der Waals surface area contributed by atoms with Gasteiger partial charge in [0, 0.05) is 12.1 Å². The first-order valence-corrected chi connectivity index (χ1v) is 10.3. The Kier molecular flexibility index (Phi) is 7.75. The Morgan fingerprint density at radius 1 is 1.00 bits per heavy atom. The second-order valence-electron chi connectivity index (χ2n) is 7.51. The van der Waals surface area contributed by atoms with Crippen molar-refractivity contribution in [2.75, 3.05) is 7.11 Å². The minimum atomic E-state index is -0.445. The van der Waals surface area contributed by atoms with Gasteiger partial charge in [0.1, 0.15) is 6.61 Å². The smallest absolute Gasteiger partial charge is 0.269 e. The highest BCUT2D eigenvalue weighted by Crippen LogP contribution is 2.28. The SMILES string of the molecule is COc1cc(/C=N\NC(=O)Cc2ccc(C)c(C)c2)ccc1OCc1ccc([N+](=O)[O-])cc1. The van der Waals surface area contributed by atoms with Crippen LogP contribution in [0.25, 0.3) is 0 Å². The van der Waals surface area contributed by atoms with E-state index in [2.05, 4.69) is 10.5 Å². The molecule has 0 unspecified atom stereocenters. The standard InChI is InChI=1S/C25H25N3O5/c1-17-4-5-20(12-18(17)2)14-25(29)27-26-15-21-8-11-23(24(13-21)32-3)33-16-19-6-9-22(10-7-19)28(30)31/h4-13,15H,14,16H2,1-3H3,(H,27,29)/b26-15-. The van der Waals surface area contributed by atoms with Gasteiger partial charge in [0.2, 0.25) is 5.91 Å². The summed E-state index contributed by atoms with van der Waals surface area (Å²) in [5, 5.41) is 14.8. The molecule has 0 fully saturated rings. The van der Waals surface area contributed by atoms with E-state index in [0.717, 1.165) is 22.3 Å². The molecular weight excluding hydrogens is 422 g/mol. The van der Waals surface area contributed by atoms with Crippen molar-refractivity contribution in [3.63, 3.8) is 0 Å². The summed E-state index contributed by atoms with van der Waals surface area (Å²) < 4.78 is 11.2. The zero-order chi connectivity index (χ0) is 23.8. The molecule has 0 aliphatic carbocycles. The van der Waals surface area contributed by atoms with E-state index in [1.807, 2.05) is 32.0 Å². The van der Waals surface area contributed by atoms with E-state index in [4.69, 9.17) is 9.47 Å². The number of aryl methyl sites for hydroxylation is 2. The van der Waals surface area contributed by atoms with Gasteiger partial charge in [-0.05, 0) is 72.0 Å². The molecule has 0 radical (unpaired) electrons. The van der Waals surface area contributed by atoms with Gasteiger partial charge in [-0.2, -0.15) is 5.10 Å². The van der Waals surface area contributed by atoms with Crippen molar-refractivity contribution in [2.24, 2.45) is 5.10 Å². The highest BCUT2D eigenvalue weighted by molar-refractivity contribution is 5.84. The molecule has 0 bridgehead atoms. The molecule has 3 aromatic rings. The number of carbonyl (C=O) groups is 1. The summed E-state index contributed by atoms with van der Waals surface area (Å²) in [6.07, 6.45) is 1.78. The molecule has 0 aliphatic heterocycles. The molecule has 3 aromatic carbocycles. The number of nitrogens with one attached hydrogen (secondary N) is 1. The number of non-ortho nitro benzene ring substituents is 1. The Morgan fingerprint density at radius 2 is 1.73 bits per heavy atom. The molecule has 170 valence electrons. The predicted octanol–water partition coefficient (Wildman–Crippen LogP) is 4.49. The number of methoxy groups -OCH3 is 1. The number of nitro benzene ring substituents is 1. The first kappa shape index (κ1) is 23.5. The van der Waals surface area contributed by atoms with E-state index in [-0.39, 0.29) is 24.6 Å². The lowest BCUT2D eigenvalue weighted by atomic mass is 10.0. The number of nitro groups is 1. The first-order valence-electron chi connectivity index (χ1n) is 10.3. The van der Waals surface area contributed by atoms with Crippen LogP contribution in [0.1, 0.15) is 27.8 Å². The van der Waals surface area contributed by atoms with Crippen molar-refractivity contribution in [3.8, 4) is 11.5 Å². The molecule has 1 N–H and O–H groups in total. The summed E-state index contributed by atoms with van der Waals surface area (Å²) in [5.41, 5.74) is 7.34. The van der Waals surface area contributed by atoms with Crippen molar-refractivity contribution in [2.45, 2.75) is 26.9 Å². The van der Waals surface area contributed by atoms with Gasteiger partial charge in [0.15, 0.2) is 11.5 Å². The van der Waals surface area contributed by atoms with Crippen molar-refractivity contribution in [3.05, 3.63) is 98.6 Å². The molecule has 0 spiro atoms. The first-order chi connectivity index (χ1) is 15.9. The van der Waals surface area contributed by atoms with Gasteiger partial charge in [-0.1, -0.05) is 18.2 Å². The fourth-order valence-corrected chi connectivity index (χ4v) is 3.08. The Hall–Kier alpha value is -4.20. The molecule has 0 saturated carbocycles. The number of hydrogen-bond donors (Lipinski definition) is 1. The van der Waals surface area contributed by atoms with Gasteiger partial charge in [-0.25, -0.2) is 5.43 Å². The van der Waals surface area contributed by atoms with E-state index in [9.17, 15) is 14.9 Å². The van der Waals surface area contributed by atoms with Crippen LogP contribution in [-0.2, 0) is 17.8 Å². The molecule has 1 amide bonds. The van der Waals surface area contributed by atoms with Gasteiger partial charge in [-0.3, -0.25) is 14.9 Å². The number of ether oxygens (including phenoxy) is 2. The number of hydrogen-bond acceptors (Lipinski definition) is 6. The van der Waals surface area contributed by atoms with Crippen molar-refractivity contribution in [1.82, 2.24) is 5.43 Å². The maximum absolute atomic E-state index is 12.1. The van der Waals surface area contributed by atoms with Crippen molar-refractivity contribution >= 4 is 17.8 Å². The maximum atomic E-state index is 12.1. The lowest BCUT2D eigenvalue weighted by molar-refractivity contribution is -0.384. The predicted molar refractivity (Wildman–Crippen MR) is 126 cm³/mol. The van der Waals surface area contributed by atoms with Crippen LogP contribution in [0, 0.1) is 24.0 Å². The normalized spacial score (nSPS) is 10.8. The van der Waals surface area contributed by atoms with E-state index in [1.54, 1.807) is 30.3 Å². The Morgan fingerprint density at radius 3 is 2.39 bits per heavy atom. The molecule has 0 heterocycles. The lowest BCUT2D eigenvalue weighted by Crippen LogP contribution is -2.19. The zero-order valence-corrected chi connectivity index (χ0v) is 18.7. The zero-order valence-electron chi connectivity index (χ0n) is 18.7. The third kappa shape index (κ3) is 6.64. The molecule has 8 nitrogen and oxygen atoms in total. The van der Waals surface area contributed by atoms with Gasteiger partial charge < -0.3 is 9.47 Å². The van der Waals surface area contributed by atoms with Crippen LogP contribution in [0.5, 0.6) is 11.5 Å². The largest absolute Gasteiger partial charge is 0.493 e. The molecule has 0 saturated heterocycles. The molecule has 0 atom stereocenters. The van der Waals surface area contributed by atoms with Crippen LogP contribution in [0.3, 0.4) is 0 Å². The minimum Gasteiger partial charge on any atom is -0.493 e. The molecular formula is C25H25N3O5. The summed E-state index contributed by atoms with van der Waals surface area (Å²) in [5.74, 6) is 0.818. The Labute approximate surface area is 192 Å². The number of benzene rings is 3. The third-order valence-electron chi connectivity index (χ3n) is 5.07. The van der Waals surface area contributed by atoms with Gasteiger partial charge in [0.05, 0.1) is 24.7 Å². The third-order valence-corrected chi connectivity index (χ3v) is 5.07. The number of rotatable bonds is 9. The van der Waals surface area contributed by atoms with Gasteiger partial charge >= 0.3 is 0 Å². The Balaban J connectivity index is 1.56. The molecule has 33 heavy (non-hydrogen) atoms. The van der Waals surface area contributed by atoms with Gasteiger partial charge in [0.25, 0.3) is 5.69 Å². The monoisotopic (exact) mass is 447 g/mol. The highest BCUT2D eigenvalue weighted by atomic mass is 16.6. The molecule has 0 aliphatic rings. The number of nitrogens with zero attached hydrogens (tertiary/aromatic N) is 2. The fourth-order valence-electron chi connectivity index (χ4n) is 3.08. The van der Waals surface area contributed by atoms with Crippen LogP contribution in [0.2, 0.25) is 0 Å². The van der Waals surface area contributed by atoms with Crippen LogP contribution in [-0.4, -0.2) is 24.2 Å². The fraction of sp³-hybridized carbons (Fsp3) is 0.200. The van der Waals surface area contributed by atoms with E-state index in [1.165, 1.54) is 31.0 Å². The number of carbonyl (C=O) groups excluding carboxylic acids is 1. The van der Waals surface area contributed by atoms with Crippen LogP contribution < -0.4 is 14.9 Å². The lowest BCUT2D eigenvalue weighted by Gasteiger charge is -2.11. The molecule has 3 rings (SSSR count). The average molecular weight is 447 g/mol. The second-order valence-corrected chi connectivity index (χ2v) is 7.51. The quantitative estimate of drug-likeness (QED) is 0.296. The molecule has 0 aromatic heterocycles. The maximum Gasteiger partial charge on any atom is 0.269 e. The topological polar surface area (TPSA) is 103 Å². The van der Waals surface area contributed by atoms with Crippen LogP contribution in [0.4, 0.5) is 5.69 Å². The molecule has 8 heteroatoms. The summed E-state index contributed by atoms with van der Waals surface area (Å²) >= 11 is 0. The van der Waals surface area contributed by atoms with Crippen LogP contribution >= 0.6 is 0 Å². The highest BCUT2D eigenvalue weighted by Gasteiger charge is 2.08. The number of hydrazone groups is 1. The average Bonchev–Trinajstić information content (AvgIpc) is 2.80. The van der Waals surface area contributed by atoms with E-state index < -0.39 is 4.92 Å². The van der Waals surface area contributed by atoms with Gasteiger partial charge in [-0.15, -0.1) is 0 Å². The Bertz CT molecular complexity index is 1170. The van der Waals surface area contributed by atoms with Crippen LogP contribution in [0.15, 0.2) is 65.8 Å². The second kappa shape index (κ2) is 10.9. The summed E-state index contributed by atoms with van der Waals surface area (Å²) in [7, 11) is 1.53. The summed E-state index contributed by atoms with van der Waals surface area (Å²) in [6, 6.07) is 17.4. The van der Waals surface area contributed by atoms with Crippen molar-refractivity contribution in [1.29, 1.82) is 0 Å². The summed E-state index contributed by atoms with van der Waals surface area (Å²) in [4.78, 5) is 22.5. The minimum absolute atomic E-state index is 0.0287. The number of amides is 1. The summed E-state index contributed by atoms with van der Waals surface area (Å²) in [6.45, 7) is 4.28. The van der Waals surface area contributed by atoms with Crippen molar-refractivity contribution < 1.29 is 19.2 Å². The van der Waals surface area contributed by atoms with E-state index >= 15 is 0 Å². The van der Waals surface area contributed by atoms with E-state index in [0.29, 0.717) is 11.5 Å².